The van der Waals surface area contributed by atoms with Crippen LogP contribution >= 0.6 is 12.2 Å². The van der Waals surface area contributed by atoms with Crippen molar-refractivity contribution in [3.05, 3.63) is 71.8 Å². The molecule has 3 rings (SSSR count). The molecule has 1 aliphatic rings. The molecule has 0 bridgehead atoms. The molecule has 2 aromatic rings. The molecule has 0 saturated carbocycles. The van der Waals surface area contributed by atoms with Crippen LogP contribution in [0.25, 0.3) is 16.7 Å². The monoisotopic (exact) mass is 377 g/mol. The number of ether oxygens (including phenoxy) is 1. The van der Waals surface area contributed by atoms with E-state index in [2.05, 4.69) is 0 Å². The van der Waals surface area contributed by atoms with E-state index in [9.17, 15) is 9.59 Å². The second-order valence-electron chi connectivity index (χ2n) is 6.11. The van der Waals surface area contributed by atoms with Crippen LogP contribution in [0.15, 0.2) is 60.7 Å². The molecule has 0 atom stereocenters. The predicted molar refractivity (Wildman–Crippen MR) is 110 cm³/mol. The fourth-order valence-corrected chi connectivity index (χ4v) is 3.01. The van der Waals surface area contributed by atoms with Gasteiger partial charge in [0.05, 0.1) is 0 Å². The maximum absolute atomic E-state index is 11.9. The minimum absolute atomic E-state index is 0.0455. The van der Waals surface area contributed by atoms with Crippen LogP contribution in [0.1, 0.15) is 30.9 Å². The van der Waals surface area contributed by atoms with E-state index in [0.717, 1.165) is 27.8 Å². The first-order chi connectivity index (χ1) is 13.0. The lowest BCUT2D eigenvalue weighted by Crippen LogP contribution is -2.09. The summed E-state index contributed by atoms with van der Waals surface area (Å²) in [6.45, 7) is 1.75. The highest BCUT2D eigenvalue weighted by molar-refractivity contribution is 7.80. The zero-order valence-corrected chi connectivity index (χ0v) is 15.7. The predicted octanol–water partition coefficient (Wildman–Crippen LogP) is 4.22. The van der Waals surface area contributed by atoms with Crippen molar-refractivity contribution in [2.45, 2.75) is 19.8 Å². The molecule has 0 spiro atoms. The van der Waals surface area contributed by atoms with Crippen LogP contribution in [-0.2, 0) is 9.59 Å². The molecule has 2 N–H and O–H groups in total. The molecule has 136 valence electrons. The van der Waals surface area contributed by atoms with E-state index >= 15 is 0 Å². The molecule has 0 saturated heterocycles. The number of carbonyl (C=O) groups excluding carboxylic acids is 2. The second kappa shape index (κ2) is 8.10. The molecule has 27 heavy (non-hydrogen) atoms. The van der Waals surface area contributed by atoms with E-state index in [4.69, 9.17) is 22.7 Å². The minimum atomic E-state index is -0.311. The number of hydrogen-bond donors (Lipinski definition) is 1. The zero-order chi connectivity index (χ0) is 19.4. The zero-order valence-electron chi connectivity index (χ0n) is 14.9. The maximum Gasteiger partial charge on any atom is 0.310 e. The lowest BCUT2D eigenvalue weighted by atomic mass is 9.90. The number of allylic oxidation sites excluding steroid dienone is 4. The van der Waals surface area contributed by atoms with Crippen LogP contribution < -0.4 is 10.5 Å². The third-order valence-electron chi connectivity index (χ3n) is 4.28. The van der Waals surface area contributed by atoms with Crippen molar-refractivity contribution in [3.63, 3.8) is 0 Å². The Morgan fingerprint density at radius 1 is 1.15 bits per heavy atom. The highest BCUT2D eigenvalue weighted by atomic mass is 32.1. The molecule has 0 aliphatic heterocycles. The summed E-state index contributed by atoms with van der Waals surface area (Å²) in [5.74, 6) is 0.209. The number of carbonyl (C=O) groups is 2. The Labute approximate surface area is 163 Å². The van der Waals surface area contributed by atoms with Crippen LogP contribution in [0.3, 0.4) is 0 Å². The van der Waals surface area contributed by atoms with Crippen molar-refractivity contribution in [2.24, 2.45) is 5.73 Å². The number of hydrogen-bond acceptors (Lipinski definition) is 4. The third kappa shape index (κ3) is 4.20. The van der Waals surface area contributed by atoms with Crippen LogP contribution in [0.2, 0.25) is 0 Å². The van der Waals surface area contributed by atoms with E-state index in [0.29, 0.717) is 17.2 Å². The number of esters is 1. The van der Waals surface area contributed by atoms with Gasteiger partial charge in [0.1, 0.15) is 10.7 Å². The average Bonchev–Trinajstić information content (AvgIpc) is 2.68. The highest BCUT2D eigenvalue weighted by Gasteiger charge is 2.18. The molecule has 0 heterocycles. The van der Waals surface area contributed by atoms with Crippen LogP contribution in [-0.4, -0.2) is 16.7 Å². The SMILES string of the molecule is CCC(=O)Oc1cccc(-c2ccc(C(N)=S)cc2)c1C1=CCC(=O)C=C1. The molecule has 0 amide bonds. The summed E-state index contributed by atoms with van der Waals surface area (Å²) < 4.78 is 5.56. The average molecular weight is 377 g/mol. The normalized spacial score (nSPS) is 13.2. The molecule has 4 nitrogen and oxygen atoms in total. The largest absolute Gasteiger partial charge is 0.426 e. The van der Waals surface area contributed by atoms with Gasteiger partial charge in [-0.05, 0) is 28.8 Å². The van der Waals surface area contributed by atoms with Gasteiger partial charge in [0, 0.05) is 24.0 Å². The summed E-state index contributed by atoms with van der Waals surface area (Å²) in [6.07, 6.45) is 5.76. The standard InChI is InChI=1S/C22H19NO3S/c1-2-20(25)26-19-5-3-4-18(14-6-8-16(9-7-14)22(23)27)21(19)15-10-12-17(24)13-11-15/h3-12H,2,13H2,1H3,(H2,23,27). The Hall–Kier alpha value is -3.05. The summed E-state index contributed by atoms with van der Waals surface area (Å²) in [5, 5.41) is 0. The van der Waals surface area contributed by atoms with Gasteiger partial charge in [-0.25, -0.2) is 0 Å². The summed E-state index contributed by atoms with van der Waals surface area (Å²) in [7, 11) is 0. The summed E-state index contributed by atoms with van der Waals surface area (Å²) >= 11 is 5.01. The molecular weight excluding hydrogens is 358 g/mol. The quantitative estimate of drug-likeness (QED) is 0.480. The topological polar surface area (TPSA) is 69.4 Å². The van der Waals surface area contributed by atoms with Crippen LogP contribution in [0, 0.1) is 0 Å². The van der Waals surface area contributed by atoms with Crippen molar-refractivity contribution < 1.29 is 14.3 Å². The molecule has 0 aromatic heterocycles. The van der Waals surface area contributed by atoms with E-state index in [1.807, 2.05) is 42.5 Å². The smallest absolute Gasteiger partial charge is 0.310 e. The number of ketones is 1. The molecule has 1 aliphatic carbocycles. The molecular formula is C22H19NO3S. The Bertz CT molecular complexity index is 972. The van der Waals surface area contributed by atoms with Crippen molar-refractivity contribution in [1.82, 2.24) is 0 Å². The van der Waals surface area contributed by atoms with Gasteiger partial charge in [-0.15, -0.1) is 0 Å². The Balaban J connectivity index is 2.14. The Morgan fingerprint density at radius 3 is 2.48 bits per heavy atom. The van der Waals surface area contributed by atoms with Crippen LogP contribution in [0.4, 0.5) is 0 Å². The lowest BCUT2D eigenvalue weighted by molar-refractivity contribution is -0.134. The van der Waals surface area contributed by atoms with Gasteiger partial charge < -0.3 is 10.5 Å². The fraction of sp³-hybridized carbons (Fsp3) is 0.136. The second-order valence-corrected chi connectivity index (χ2v) is 6.55. The van der Waals surface area contributed by atoms with Crippen molar-refractivity contribution >= 4 is 34.5 Å². The van der Waals surface area contributed by atoms with E-state index in [-0.39, 0.29) is 18.2 Å². The van der Waals surface area contributed by atoms with Gasteiger partial charge in [-0.3, -0.25) is 9.59 Å². The Kier molecular flexibility index (Phi) is 5.62. The van der Waals surface area contributed by atoms with Crippen molar-refractivity contribution in [2.75, 3.05) is 0 Å². The van der Waals surface area contributed by atoms with Gasteiger partial charge in [0.25, 0.3) is 0 Å². The molecule has 2 aromatic carbocycles. The van der Waals surface area contributed by atoms with Crippen LogP contribution in [0.5, 0.6) is 5.75 Å². The van der Waals surface area contributed by atoms with Crippen molar-refractivity contribution in [3.8, 4) is 16.9 Å². The van der Waals surface area contributed by atoms with Gasteiger partial charge in [0.2, 0.25) is 0 Å². The van der Waals surface area contributed by atoms with E-state index < -0.39 is 0 Å². The number of rotatable bonds is 5. The summed E-state index contributed by atoms with van der Waals surface area (Å²) in [4.78, 5) is 23.8. The van der Waals surface area contributed by atoms with E-state index in [1.165, 1.54) is 0 Å². The first kappa shape index (κ1) is 18.7. The number of nitrogens with two attached hydrogens (primary N) is 1. The highest BCUT2D eigenvalue weighted by Crippen LogP contribution is 2.38. The first-order valence-electron chi connectivity index (χ1n) is 8.65. The van der Waals surface area contributed by atoms with Gasteiger partial charge in [-0.1, -0.05) is 67.7 Å². The summed E-state index contributed by atoms with van der Waals surface area (Å²) in [6, 6.07) is 13.1. The number of benzene rings is 2. The van der Waals surface area contributed by atoms with Gasteiger partial charge in [0.15, 0.2) is 5.78 Å². The van der Waals surface area contributed by atoms with Gasteiger partial charge >= 0.3 is 5.97 Å². The minimum Gasteiger partial charge on any atom is -0.426 e. The molecule has 0 unspecified atom stereocenters. The Morgan fingerprint density at radius 2 is 1.89 bits per heavy atom. The number of thiocarbonyl (C=S) groups is 1. The fourth-order valence-electron chi connectivity index (χ4n) is 2.88. The molecule has 0 radical (unpaired) electrons. The third-order valence-corrected chi connectivity index (χ3v) is 4.52. The lowest BCUT2D eigenvalue weighted by Gasteiger charge is -2.17. The van der Waals surface area contributed by atoms with Gasteiger partial charge in [-0.2, -0.15) is 0 Å². The molecule has 0 fully saturated rings. The maximum atomic E-state index is 11.9. The van der Waals surface area contributed by atoms with Crippen molar-refractivity contribution in [1.29, 1.82) is 0 Å². The molecule has 5 heteroatoms. The van der Waals surface area contributed by atoms with E-state index in [1.54, 1.807) is 25.1 Å². The summed E-state index contributed by atoms with van der Waals surface area (Å²) in [5.41, 5.74) is 9.93. The first-order valence-corrected chi connectivity index (χ1v) is 9.05.